The van der Waals surface area contributed by atoms with Gasteiger partial charge < -0.3 is 10.5 Å². The molecule has 8 heteroatoms. The van der Waals surface area contributed by atoms with Gasteiger partial charge in [-0.2, -0.15) is 0 Å². The van der Waals surface area contributed by atoms with E-state index in [1.165, 1.54) is 11.3 Å². The van der Waals surface area contributed by atoms with Gasteiger partial charge >= 0.3 is 5.97 Å². The average Bonchev–Trinajstić information content (AvgIpc) is 2.81. The van der Waals surface area contributed by atoms with Gasteiger partial charge in [-0.3, -0.25) is 4.79 Å². The Morgan fingerprint density at radius 1 is 1.50 bits per heavy atom. The normalized spacial score (nSPS) is 10.7. The number of hydrogen-bond donors (Lipinski definition) is 2. The van der Waals surface area contributed by atoms with Crippen molar-refractivity contribution in [1.82, 2.24) is 4.72 Å². The Morgan fingerprint density at radius 2 is 2.25 bits per heavy atom. The monoisotopic (exact) mass is 316 g/mol. The van der Waals surface area contributed by atoms with E-state index in [1.807, 2.05) is 0 Å². The lowest BCUT2D eigenvalue weighted by Gasteiger charge is -2.04. The van der Waals surface area contributed by atoms with E-state index >= 15 is 0 Å². The van der Waals surface area contributed by atoms with E-state index in [-0.39, 0.29) is 19.7 Å². The van der Waals surface area contributed by atoms with Gasteiger partial charge in [0.2, 0.25) is 10.0 Å². The number of carbonyl (C=O) groups excluding carboxylic acids is 1. The molecule has 20 heavy (non-hydrogen) atoms. The molecule has 110 valence electrons. The molecule has 0 atom stereocenters. The minimum atomic E-state index is -3.68. The summed E-state index contributed by atoms with van der Waals surface area (Å²) in [5, 5.41) is 0. The molecule has 0 amide bonds. The quantitative estimate of drug-likeness (QED) is 0.570. The van der Waals surface area contributed by atoms with Crippen LogP contribution in [0.2, 0.25) is 0 Å². The Kier molecular flexibility index (Phi) is 6.67. The molecule has 1 heterocycles. The molecule has 0 aromatic carbocycles. The number of ether oxygens (including phenoxy) is 1. The Labute approximate surface area is 122 Å². The third-order valence-electron chi connectivity index (χ3n) is 2.05. The zero-order valence-corrected chi connectivity index (χ0v) is 12.6. The molecule has 0 saturated heterocycles. The third-order valence-corrected chi connectivity index (χ3v) is 4.26. The second-order valence-electron chi connectivity index (χ2n) is 3.66. The summed E-state index contributed by atoms with van der Waals surface area (Å²) >= 11 is 1.37. The van der Waals surface area contributed by atoms with Crippen LogP contribution in [-0.4, -0.2) is 33.3 Å². The maximum Gasteiger partial charge on any atom is 0.322 e. The maximum atomic E-state index is 11.6. The Balaban J connectivity index is 2.53. The SMILES string of the molecule is CCOC(=O)CS(=O)(=O)NCc1ccc(C#CCN)s1. The summed E-state index contributed by atoms with van der Waals surface area (Å²) in [6, 6.07) is 3.57. The third kappa shape index (κ3) is 6.16. The van der Waals surface area contributed by atoms with Gasteiger partial charge in [0.15, 0.2) is 5.75 Å². The lowest BCUT2D eigenvalue weighted by molar-refractivity contribution is -0.139. The first-order valence-electron chi connectivity index (χ1n) is 5.87. The molecule has 0 spiro atoms. The van der Waals surface area contributed by atoms with Gasteiger partial charge in [-0.15, -0.1) is 11.3 Å². The zero-order chi connectivity index (χ0) is 15.0. The van der Waals surface area contributed by atoms with Gasteiger partial charge in [0.25, 0.3) is 0 Å². The topological polar surface area (TPSA) is 98.5 Å². The lowest BCUT2D eigenvalue weighted by Crippen LogP contribution is -2.30. The number of nitrogens with one attached hydrogen (secondary N) is 1. The summed E-state index contributed by atoms with van der Waals surface area (Å²) in [4.78, 5) is 12.7. The lowest BCUT2D eigenvalue weighted by atomic mass is 10.4. The molecular formula is C12H16N2O4S2. The van der Waals surface area contributed by atoms with E-state index in [9.17, 15) is 13.2 Å². The van der Waals surface area contributed by atoms with E-state index in [0.717, 1.165) is 9.75 Å². The molecule has 0 aliphatic rings. The predicted molar refractivity (Wildman–Crippen MR) is 77.5 cm³/mol. The van der Waals surface area contributed by atoms with Crippen molar-refractivity contribution in [3.63, 3.8) is 0 Å². The molecule has 1 aromatic rings. The second kappa shape index (κ2) is 8.01. The van der Waals surface area contributed by atoms with E-state index in [2.05, 4.69) is 21.3 Å². The molecule has 0 saturated carbocycles. The number of nitrogens with two attached hydrogens (primary N) is 1. The predicted octanol–water partition coefficient (Wildman–Crippen LogP) is 0.0408. The first-order valence-corrected chi connectivity index (χ1v) is 8.34. The molecule has 0 fully saturated rings. The molecular weight excluding hydrogens is 300 g/mol. The summed E-state index contributed by atoms with van der Waals surface area (Å²) < 4.78 is 30.2. The van der Waals surface area contributed by atoms with Crippen LogP contribution >= 0.6 is 11.3 Å². The van der Waals surface area contributed by atoms with Gasteiger partial charge in [0.1, 0.15) is 0 Å². The first-order chi connectivity index (χ1) is 9.46. The molecule has 0 aliphatic carbocycles. The van der Waals surface area contributed by atoms with Crippen molar-refractivity contribution < 1.29 is 17.9 Å². The van der Waals surface area contributed by atoms with E-state index in [1.54, 1.807) is 19.1 Å². The van der Waals surface area contributed by atoms with Gasteiger partial charge in [-0.25, -0.2) is 13.1 Å². The van der Waals surface area contributed by atoms with Crippen LogP contribution in [-0.2, 0) is 26.1 Å². The van der Waals surface area contributed by atoms with Gasteiger partial charge in [-0.05, 0) is 19.1 Å². The van der Waals surface area contributed by atoms with Gasteiger partial charge in [0.05, 0.1) is 18.0 Å². The summed E-state index contributed by atoms with van der Waals surface area (Å²) in [5.41, 5.74) is 5.27. The molecule has 0 radical (unpaired) electrons. The highest BCUT2D eigenvalue weighted by Crippen LogP contribution is 2.15. The summed E-state index contributed by atoms with van der Waals surface area (Å²) in [5.74, 6) is 4.14. The number of hydrogen-bond acceptors (Lipinski definition) is 6. The average molecular weight is 316 g/mol. The fraction of sp³-hybridized carbons (Fsp3) is 0.417. The smallest absolute Gasteiger partial charge is 0.322 e. The second-order valence-corrected chi connectivity index (χ2v) is 6.63. The van der Waals surface area contributed by atoms with Crippen LogP contribution in [0, 0.1) is 11.8 Å². The van der Waals surface area contributed by atoms with Gasteiger partial charge in [0, 0.05) is 11.4 Å². The summed E-state index contributed by atoms with van der Waals surface area (Å²) in [6.07, 6.45) is 0. The largest absolute Gasteiger partial charge is 0.465 e. The van der Waals surface area contributed by atoms with Crippen LogP contribution in [0.15, 0.2) is 12.1 Å². The standard InChI is InChI=1S/C12H16N2O4S2/c1-2-18-12(15)9-20(16,17)14-8-11-6-5-10(19-11)4-3-7-13/h5-6,14H,2,7-9,13H2,1H3. The van der Waals surface area contributed by atoms with Crippen LogP contribution in [0.3, 0.4) is 0 Å². The highest BCUT2D eigenvalue weighted by atomic mass is 32.2. The minimum absolute atomic E-state index is 0.122. The molecule has 0 bridgehead atoms. The van der Waals surface area contributed by atoms with Crippen molar-refractivity contribution in [2.45, 2.75) is 13.5 Å². The fourth-order valence-corrected chi connectivity index (χ4v) is 3.05. The van der Waals surface area contributed by atoms with Crippen molar-refractivity contribution in [2.75, 3.05) is 18.9 Å². The summed E-state index contributed by atoms with van der Waals surface area (Å²) in [7, 11) is -3.68. The zero-order valence-electron chi connectivity index (χ0n) is 11.0. The first kappa shape index (κ1) is 16.7. The van der Waals surface area contributed by atoms with Crippen molar-refractivity contribution in [2.24, 2.45) is 5.73 Å². The van der Waals surface area contributed by atoms with Crippen LogP contribution in [0.25, 0.3) is 0 Å². The van der Waals surface area contributed by atoms with Gasteiger partial charge in [-0.1, -0.05) is 11.8 Å². The van der Waals surface area contributed by atoms with Crippen LogP contribution in [0.1, 0.15) is 16.7 Å². The Bertz CT molecular complexity index is 611. The molecule has 1 aromatic heterocycles. The number of thiophene rings is 1. The van der Waals surface area contributed by atoms with Crippen LogP contribution in [0.4, 0.5) is 0 Å². The Hall–Kier alpha value is -1.40. The van der Waals surface area contributed by atoms with Crippen molar-refractivity contribution in [1.29, 1.82) is 0 Å². The molecule has 1 rings (SSSR count). The highest BCUT2D eigenvalue weighted by Gasteiger charge is 2.17. The minimum Gasteiger partial charge on any atom is -0.465 e. The summed E-state index contributed by atoms with van der Waals surface area (Å²) in [6.45, 7) is 2.17. The maximum absolute atomic E-state index is 11.6. The highest BCUT2D eigenvalue weighted by molar-refractivity contribution is 7.90. The molecule has 0 unspecified atom stereocenters. The molecule has 6 nitrogen and oxygen atoms in total. The van der Waals surface area contributed by atoms with E-state index < -0.39 is 21.7 Å². The van der Waals surface area contributed by atoms with Crippen LogP contribution < -0.4 is 10.5 Å². The number of sulfonamides is 1. The number of carbonyl (C=O) groups is 1. The van der Waals surface area contributed by atoms with Crippen molar-refractivity contribution >= 4 is 27.3 Å². The number of rotatable bonds is 6. The Morgan fingerprint density at radius 3 is 2.90 bits per heavy atom. The number of esters is 1. The van der Waals surface area contributed by atoms with E-state index in [4.69, 9.17) is 5.73 Å². The molecule has 3 N–H and O–H groups in total. The van der Waals surface area contributed by atoms with Crippen LogP contribution in [0.5, 0.6) is 0 Å². The van der Waals surface area contributed by atoms with Crippen molar-refractivity contribution in [3.05, 3.63) is 21.9 Å². The van der Waals surface area contributed by atoms with Crippen molar-refractivity contribution in [3.8, 4) is 11.8 Å². The van der Waals surface area contributed by atoms with E-state index in [0.29, 0.717) is 0 Å². The molecule has 0 aliphatic heterocycles. The fourth-order valence-electron chi connectivity index (χ4n) is 1.27.